The lowest BCUT2D eigenvalue weighted by molar-refractivity contribution is -0.136. The van der Waals surface area contributed by atoms with Gasteiger partial charge in [-0.2, -0.15) is 0 Å². The number of amides is 2. The molecule has 148 valence electrons. The number of fused-ring (bicyclic) bond motifs is 1. The Hall–Kier alpha value is -2.92. The van der Waals surface area contributed by atoms with Crippen LogP contribution < -0.4 is 5.32 Å². The van der Waals surface area contributed by atoms with Gasteiger partial charge in [0.15, 0.2) is 0 Å². The van der Waals surface area contributed by atoms with Crippen LogP contribution in [0, 0.1) is 6.92 Å². The summed E-state index contributed by atoms with van der Waals surface area (Å²) in [7, 11) is 0. The van der Waals surface area contributed by atoms with Gasteiger partial charge in [-0.3, -0.25) is 9.59 Å². The first-order valence-electron chi connectivity index (χ1n) is 9.89. The van der Waals surface area contributed by atoms with E-state index in [-0.39, 0.29) is 24.4 Å². The van der Waals surface area contributed by atoms with Gasteiger partial charge in [0.2, 0.25) is 11.8 Å². The van der Waals surface area contributed by atoms with Crippen molar-refractivity contribution >= 4 is 28.8 Å². The molecule has 3 aromatic rings. The zero-order valence-corrected chi connectivity index (χ0v) is 17.2. The van der Waals surface area contributed by atoms with Crippen LogP contribution in [0.15, 0.2) is 66.0 Å². The molecular formula is C24H24N2O2S. The number of rotatable bonds is 5. The summed E-state index contributed by atoms with van der Waals surface area (Å²) in [6, 6.07) is 20.0. The summed E-state index contributed by atoms with van der Waals surface area (Å²) >= 11 is 1.62. The molecule has 1 N–H and O–H groups in total. The Morgan fingerprint density at radius 2 is 1.97 bits per heavy atom. The number of carbonyl (C=O) groups excluding carboxylic acids is 2. The molecule has 0 aliphatic carbocycles. The van der Waals surface area contributed by atoms with E-state index in [1.807, 2.05) is 54.8 Å². The molecule has 29 heavy (non-hydrogen) atoms. The van der Waals surface area contributed by atoms with Gasteiger partial charge in [0.25, 0.3) is 0 Å². The third-order valence-electron chi connectivity index (χ3n) is 5.23. The van der Waals surface area contributed by atoms with Crippen molar-refractivity contribution < 1.29 is 9.59 Å². The molecular weight excluding hydrogens is 380 g/mol. The van der Waals surface area contributed by atoms with Gasteiger partial charge in [0.1, 0.15) is 6.54 Å². The SMILES string of the molecule is Cc1ccc2c(c1)C(c1cccs1)N(C(=O)CCCc1ccccc1)CC(=O)N2. The predicted molar refractivity (Wildman–Crippen MR) is 117 cm³/mol. The number of hydrogen-bond donors (Lipinski definition) is 1. The number of nitrogens with zero attached hydrogens (tertiary/aromatic N) is 1. The maximum atomic E-state index is 13.2. The smallest absolute Gasteiger partial charge is 0.244 e. The fraction of sp³-hybridized carbons (Fsp3) is 0.250. The second-order valence-corrected chi connectivity index (χ2v) is 8.40. The Labute approximate surface area is 175 Å². The molecule has 0 saturated carbocycles. The maximum Gasteiger partial charge on any atom is 0.244 e. The number of benzene rings is 2. The highest BCUT2D eigenvalue weighted by Crippen LogP contribution is 2.38. The lowest BCUT2D eigenvalue weighted by Crippen LogP contribution is -2.38. The summed E-state index contributed by atoms with van der Waals surface area (Å²) in [5.74, 6) is -0.130. The second-order valence-electron chi connectivity index (χ2n) is 7.42. The first-order chi connectivity index (χ1) is 14.1. The van der Waals surface area contributed by atoms with Crippen molar-refractivity contribution in [2.75, 3.05) is 11.9 Å². The second kappa shape index (κ2) is 8.62. The van der Waals surface area contributed by atoms with Crippen molar-refractivity contribution in [1.29, 1.82) is 0 Å². The molecule has 1 aliphatic rings. The van der Waals surface area contributed by atoms with Gasteiger partial charge >= 0.3 is 0 Å². The van der Waals surface area contributed by atoms with E-state index >= 15 is 0 Å². The van der Waals surface area contributed by atoms with Gasteiger partial charge in [-0.05, 0) is 42.8 Å². The molecule has 2 amide bonds. The lowest BCUT2D eigenvalue weighted by Gasteiger charge is -2.29. The van der Waals surface area contributed by atoms with Gasteiger partial charge in [-0.1, -0.05) is 54.1 Å². The molecule has 0 bridgehead atoms. The summed E-state index contributed by atoms with van der Waals surface area (Å²) < 4.78 is 0. The summed E-state index contributed by atoms with van der Waals surface area (Å²) in [4.78, 5) is 28.6. The van der Waals surface area contributed by atoms with Crippen molar-refractivity contribution in [1.82, 2.24) is 4.90 Å². The molecule has 1 unspecified atom stereocenters. The zero-order valence-electron chi connectivity index (χ0n) is 16.4. The Balaban J connectivity index is 1.61. The van der Waals surface area contributed by atoms with E-state index in [0.717, 1.165) is 34.5 Å². The largest absolute Gasteiger partial charge is 0.324 e. The monoisotopic (exact) mass is 404 g/mol. The van der Waals surface area contributed by atoms with Crippen LogP contribution in [0.25, 0.3) is 0 Å². The first kappa shape index (κ1) is 19.4. The average molecular weight is 405 g/mol. The van der Waals surface area contributed by atoms with Crippen molar-refractivity contribution in [3.8, 4) is 0 Å². The number of aryl methyl sites for hydroxylation is 2. The van der Waals surface area contributed by atoms with Crippen LogP contribution in [0.4, 0.5) is 5.69 Å². The fourth-order valence-electron chi connectivity index (χ4n) is 3.84. The minimum Gasteiger partial charge on any atom is -0.324 e. The molecule has 1 aliphatic heterocycles. The van der Waals surface area contributed by atoms with Crippen LogP contribution >= 0.6 is 11.3 Å². The summed E-state index contributed by atoms with van der Waals surface area (Å²) in [6.07, 6.45) is 2.04. The number of carbonyl (C=O) groups is 2. The predicted octanol–water partition coefficient (Wildman–Crippen LogP) is 4.95. The highest BCUT2D eigenvalue weighted by Gasteiger charge is 2.33. The fourth-order valence-corrected chi connectivity index (χ4v) is 4.70. The molecule has 2 heterocycles. The molecule has 1 aromatic heterocycles. The molecule has 0 spiro atoms. The van der Waals surface area contributed by atoms with Crippen LogP contribution in [0.1, 0.15) is 40.5 Å². The van der Waals surface area contributed by atoms with Crippen LogP contribution in [0.2, 0.25) is 0 Å². The number of thiophene rings is 1. The first-order valence-corrected chi connectivity index (χ1v) is 10.8. The highest BCUT2D eigenvalue weighted by molar-refractivity contribution is 7.10. The highest BCUT2D eigenvalue weighted by atomic mass is 32.1. The van der Waals surface area contributed by atoms with Gasteiger partial charge in [-0.25, -0.2) is 0 Å². The Morgan fingerprint density at radius 1 is 1.14 bits per heavy atom. The molecule has 0 fully saturated rings. The Bertz CT molecular complexity index is 999. The Morgan fingerprint density at radius 3 is 2.72 bits per heavy atom. The Kier molecular flexibility index (Phi) is 5.76. The third-order valence-corrected chi connectivity index (χ3v) is 6.16. The number of nitrogens with one attached hydrogen (secondary N) is 1. The summed E-state index contributed by atoms with van der Waals surface area (Å²) in [5.41, 5.74) is 4.11. The molecule has 2 aromatic carbocycles. The standard InChI is InChI=1S/C24H24N2O2S/c1-17-12-13-20-19(15-17)24(21-10-6-14-29-21)26(16-22(27)25-20)23(28)11-5-9-18-7-3-2-4-8-18/h2-4,6-8,10,12-15,24H,5,9,11,16H2,1H3,(H,25,27). The molecule has 4 rings (SSSR count). The van der Waals surface area contributed by atoms with Crippen molar-refractivity contribution in [3.63, 3.8) is 0 Å². The van der Waals surface area contributed by atoms with Gasteiger partial charge in [-0.15, -0.1) is 11.3 Å². The van der Waals surface area contributed by atoms with Gasteiger partial charge < -0.3 is 10.2 Å². The van der Waals surface area contributed by atoms with Crippen LogP contribution in [0.5, 0.6) is 0 Å². The van der Waals surface area contributed by atoms with Crippen molar-refractivity contribution in [3.05, 3.63) is 87.6 Å². The molecule has 5 heteroatoms. The van der Waals surface area contributed by atoms with E-state index in [4.69, 9.17) is 0 Å². The van der Waals surface area contributed by atoms with Gasteiger partial charge in [0.05, 0.1) is 6.04 Å². The quantitative estimate of drug-likeness (QED) is 0.654. The molecule has 4 nitrogen and oxygen atoms in total. The number of hydrogen-bond acceptors (Lipinski definition) is 3. The van der Waals surface area contributed by atoms with E-state index < -0.39 is 0 Å². The van der Waals surface area contributed by atoms with E-state index in [1.165, 1.54) is 5.56 Å². The molecule has 0 saturated heterocycles. The van der Waals surface area contributed by atoms with Crippen molar-refractivity contribution in [2.24, 2.45) is 0 Å². The summed E-state index contributed by atoms with van der Waals surface area (Å²) in [5, 5.41) is 5.00. The molecule has 1 atom stereocenters. The van der Waals surface area contributed by atoms with E-state index in [0.29, 0.717) is 6.42 Å². The minimum absolute atomic E-state index is 0.0174. The van der Waals surface area contributed by atoms with Crippen LogP contribution in [-0.2, 0) is 16.0 Å². The van der Waals surface area contributed by atoms with E-state index in [1.54, 1.807) is 16.2 Å². The van der Waals surface area contributed by atoms with E-state index in [2.05, 4.69) is 23.5 Å². The van der Waals surface area contributed by atoms with Crippen molar-refractivity contribution in [2.45, 2.75) is 32.2 Å². The average Bonchev–Trinajstić information content (AvgIpc) is 3.20. The third kappa shape index (κ3) is 4.40. The normalized spacial score (nSPS) is 16.1. The minimum atomic E-state index is -0.243. The zero-order chi connectivity index (χ0) is 20.2. The molecule has 0 radical (unpaired) electrons. The maximum absolute atomic E-state index is 13.2. The lowest BCUT2D eigenvalue weighted by atomic mass is 9.99. The topological polar surface area (TPSA) is 49.4 Å². The number of anilines is 1. The summed E-state index contributed by atoms with van der Waals surface area (Å²) in [6.45, 7) is 2.10. The van der Waals surface area contributed by atoms with E-state index in [9.17, 15) is 9.59 Å². The van der Waals surface area contributed by atoms with Crippen LogP contribution in [0.3, 0.4) is 0 Å². The van der Waals surface area contributed by atoms with Crippen LogP contribution in [-0.4, -0.2) is 23.3 Å². The van der Waals surface area contributed by atoms with Gasteiger partial charge in [0, 0.05) is 22.5 Å².